The zero-order chi connectivity index (χ0) is 21.8. The minimum atomic E-state index is -0.301. The van der Waals surface area contributed by atoms with Crippen LogP contribution in [0.25, 0.3) is 0 Å². The molecule has 0 unspecified atom stereocenters. The van der Waals surface area contributed by atoms with Crippen molar-refractivity contribution in [2.24, 2.45) is 0 Å². The first-order chi connectivity index (χ1) is 14.3. The predicted molar refractivity (Wildman–Crippen MR) is 111 cm³/mol. The number of aromatic nitrogens is 2. The topological polar surface area (TPSA) is 106 Å². The molecule has 0 spiro atoms. The summed E-state index contributed by atoms with van der Waals surface area (Å²) >= 11 is 5.94. The highest BCUT2D eigenvalue weighted by Gasteiger charge is 2.28. The summed E-state index contributed by atoms with van der Waals surface area (Å²) in [5.41, 5.74) is 2.35. The van der Waals surface area contributed by atoms with Gasteiger partial charge in [0, 0.05) is 56.3 Å². The zero-order valence-electron chi connectivity index (χ0n) is 17.1. The summed E-state index contributed by atoms with van der Waals surface area (Å²) in [6.45, 7) is 3.12. The molecule has 2 aromatic rings. The van der Waals surface area contributed by atoms with E-state index in [1.165, 1.54) is 14.0 Å². The molecular weight excluding hydrogens is 410 g/mol. The van der Waals surface area contributed by atoms with Crippen LogP contribution in [0.1, 0.15) is 39.0 Å². The minimum Gasteiger partial charge on any atom is -0.496 e. The van der Waals surface area contributed by atoms with Crippen molar-refractivity contribution < 1.29 is 19.1 Å². The number of rotatable bonds is 6. The highest BCUT2D eigenvalue weighted by atomic mass is 35.5. The van der Waals surface area contributed by atoms with Gasteiger partial charge in [0.2, 0.25) is 5.91 Å². The van der Waals surface area contributed by atoms with Gasteiger partial charge in [0.1, 0.15) is 5.75 Å². The van der Waals surface area contributed by atoms with E-state index in [2.05, 4.69) is 15.7 Å². The normalized spacial score (nSPS) is 12.9. The van der Waals surface area contributed by atoms with Crippen molar-refractivity contribution in [3.05, 3.63) is 45.7 Å². The number of halogens is 1. The first-order valence-electron chi connectivity index (χ1n) is 9.53. The SMILES string of the molecule is CNC(=O)c1nn(CCNC(=O)c2ccc(Cl)cc2OC)c2c1CN(C(C)=O)CC2. The molecule has 1 aliphatic rings. The molecule has 2 N–H and O–H groups in total. The number of carbonyl (C=O) groups is 3. The molecule has 160 valence electrons. The molecule has 1 aromatic carbocycles. The summed E-state index contributed by atoms with van der Waals surface area (Å²) in [4.78, 5) is 38.2. The van der Waals surface area contributed by atoms with Gasteiger partial charge in [-0.3, -0.25) is 19.1 Å². The maximum absolute atomic E-state index is 12.5. The van der Waals surface area contributed by atoms with E-state index in [1.54, 1.807) is 34.8 Å². The molecule has 0 bridgehead atoms. The number of nitrogens with zero attached hydrogens (tertiary/aromatic N) is 3. The van der Waals surface area contributed by atoms with Gasteiger partial charge in [-0.15, -0.1) is 0 Å². The van der Waals surface area contributed by atoms with Crippen molar-refractivity contribution in [3.8, 4) is 5.75 Å². The second-order valence-corrected chi connectivity index (χ2v) is 7.30. The second kappa shape index (κ2) is 9.17. The number of amides is 3. The van der Waals surface area contributed by atoms with Crippen LogP contribution in [-0.2, 0) is 24.3 Å². The zero-order valence-corrected chi connectivity index (χ0v) is 17.9. The fourth-order valence-corrected chi connectivity index (χ4v) is 3.63. The van der Waals surface area contributed by atoms with Gasteiger partial charge in [-0.2, -0.15) is 5.10 Å². The Balaban J connectivity index is 1.74. The lowest BCUT2D eigenvalue weighted by atomic mass is 10.0. The van der Waals surface area contributed by atoms with Crippen LogP contribution in [-0.4, -0.2) is 59.6 Å². The Morgan fingerprint density at radius 1 is 1.27 bits per heavy atom. The molecule has 3 amide bonds. The Hall–Kier alpha value is -3.07. The summed E-state index contributed by atoms with van der Waals surface area (Å²) in [5, 5.41) is 10.4. The molecule has 0 aliphatic carbocycles. The van der Waals surface area contributed by atoms with Gasteiger partial charge < -0.3 is 20.3 Å². The molecule has 2 heterocycles. The van der Waals surface area contributed by atoms with E-state index in [0.717, 1.165) is 11.3 Å². The summed E-state index contributed by atoms with van der Waals surface area (Å²) < 4.78 is 6.95. The molecule has 1 aromatic heterocycles. The summed E-state index contributed by atoms with van der Waals surface area (Å²) in [6.07, 6.45) is 0.595. The predicted octanol–water partition coefficient (Wildman–Crippen LogP) is 1.24. The van der Waals surface area contributed by atoms with Crippen molar-refractivity contribution in [2.75, 3.05) is 27.2 Å². The van der Waals surface area contributed by atoms with Gasteiger partial charge in [-0.25, -0.2) is 0 Å². The Labute approximate surface area is 179 Å². The average Bonchev–Trinajstić information content (AvgIpc) is 3.10. The lowest BCUT2D eigenvalue weighted by molar-refractivity contribution is -0.129. The van der Waals surface area contributed by atoms with Crippen LogP contribution in [0.5, 0.6) is 5.75 Å². The Morgan fingerprint density at radius 2 is 2.03 bits per heavy atom. The molecule has 0 saturated heterocycles. The van der Waals surface area contributed by atoms with Crippen LogP contribution in [0.2, 0.25) is 5.02 Å². The largest absolute Gasteiger partial charge is 0.496 e. The van der Waals surface area contributed by atoms with E-state index >= 15 is 0 Å². The van der Waals surface area contributed by atoms with E-state index in [4.69, 9.17) is 16.3 Å². The van der Waals surface area contributed by atoms with Gasteiger partial charge in [-0.05, 0) is 18.2 Å². The van der Waals surface area contributed by atoms with Crippen molar-refractivity contribution in [1.82, 2.24) is 25.3 Å². The maximum atomic E-state index is 12.5. The van der Waals surface area contributed by atoms with Crippen molar-refractivity contribution >= 4 is 29.3 Å². The standard InChI is InChI=1S/C20H24ClN5O4/c1-12(27)25-8-6-16-15(11-25)18(20(29)22-2)24-26(16)9-7-23-19(28)14-5-4-13(21)10-17(14)30-3/h4-5,10H,6-9,11H2,1-3H3,(H,22,29)(H,23,28). The van der Waals surface area contributed by atoms with E-state index in [0.29, 0.717) is 54.6 Å². The van der Waals surface area contributed by atoms with E-state index in [-0.39, 0.29) is 17.7 Å². The molecule has 0 atom stereocenters. The molecule has 10 heteroatoms. The molecule has 0 saturated carbocycles. The molecule has 3 rings (SSSR count). The first kappa shape index (κ1) is 21.6. The third kappa shape index (κ3) is 4.40. The van der Waals surface area contributed by atoms with Crippen molar-refractivity contribution in [2.45, 2.75) is 26.4 Å². The highest BCUT2D eigenvalue weighted by Crippen LogP contribution is 2.24. The van der Waals surface area contributed by atoms with Crippen LogP contribution in [0.3, 0.4) is 0 Å². The summed E-state index contributed by atoms with van der Waals surface area (Å²) in [5.74, 6) is -0.243. The minimum absolute atomic E-state index is 0.0413. The monoisotopic (exact) mass is 433 g/mol. The Bertz CT molecular complexity index is 988. The highest BCUT2D eigenvalue weighted by molar-refractivity contribution is 6.30. The van der Waals surface area contributed by atoms with Crippen LogP contribution >= 0.6 is 11.6 Å². The lowest BCUT2D eigenvalue weighted by Crippen LogP contribution is -2.36. The number of carbonyl (C=O) groups excluding carboxylic acids is 3. The Morgan fingerprint density at radius 3 is 2.70 bits per heavy atom. The molecule has 0 radical (unpaired) electrons. The number of fused-ring (bicyclic) bond motifs is 1. The van der Waals surface area contributed by atoms with E-state index in [1.807, 2.05) is 0 Å². The fraction of sp³-hybridized carbons (Fsp3) is 0.400. The maximum Gasteiger partial charge on any atom is 0.271 e. The van der Waals surface area contributed by atoms with Crippen LogP contribution in [0, 0.1) is 0 Å². The number of benzene rings is 1. The van der Waals surface area contributed by atoms with Crippen LogP contribution < -0.4 is 15.4 Å². The van der Waals surface area contributed by atoms with Crippen LogP contribution in [0.15, 0.2) is 18.2 Å². The smallest absolute Gasteiger partial charge is 0.271 e. The number of ether oxygens (including phenoxy) is 1. The van der Waals surface area contributed by atoms with Gasteiger partial charge >= 0.3 is 0 Å². The van der Waals surface area contributed by atoms with E-state index < -0.39 is 0 Å². The quantitative estimate of drug-likeness (QED) is 0.713. The van der Waals surface area contributed by atoms with Gasteiger partial charge in [0.25, 0.3) is 11.8 Å². The molecule has 9 nitrogen and oxygen atoms in total. The third-order valence-electron chi connectivity index (χ3n) is 5.04. The number of methoxy groups -OCH3 is 1. The average molecular weight is 434 g/mol. The first-order valence-corrected chi connectivity index (χ1v) is 9.91. The number of nitrogens with one attached hydrogen (secondary N) is 2. The Kier molecular flexibility index (Phi) is 6.61. The van der Waals surface area contributed by atoms with Crippen molar-refractivity contribution in [1.29, 1.82) is 0 Å². The van der Waals surface area contributed by atoms with E-state index in [9.17, 15) is 14.4 Å². The van der Waals surface area contributed by atoms with Crippen molar-refractivity contribution in [3.63, 3.8) is 0 Å². The molecule has 1 aliphatic heterocycles. The summed E-state index contributed by atoms with van der Waals surface area (Å²) in [6, 6.07) is 4.81. The van der Waals surface area contributed by atoms with Gasteiger partial charge in [0.15, 0.2) is 5.69 Å². The molecular formula is C20H24ClN5O4. The fourth-order valence-electron chi connectivity index (χ4n) is 3.47. The lowest BCUT2D eigenvalue weighted by Gasteiger charge is -2.26. The second-order valence-electron chi connectivity index (χ2n) is 6.87. The van der Waals surface area contributed by atoms with Crippen LogP contribution in [0.4, 0.5) is 0 Å². The van der Waals surface area contributed by atoms with Gasteiger partial charge in [-0.1, -0.05) is 11.6 Å². The van der Waals surface area contributed by atoms with Gasteiger partial charge in [0.05, 0.1) is 19.2 Å². The number of hydrogen-bond donors (Lipinski definition) is 2. The molecule has 0 fully saturated rings. The number of hydrogen-bond acceptors (Lipinski definition) is 5. The molecule has 30 heavy (non-hydrogen) atoms. The third-order valence-corrected chi connectivity index (χ3v) is 5.27. The summed E-state index contributed by atoms with van der Waals surface area (Å²) in [7, 11) is 3.02.